The van der Waals surface area contributed by atoms with Gasteiger partial charge in [0.05, 0.1) is 12.4 Å². The summed E-state index contributed by atoms with van der Waals surface area (Å²) in [6.07, 6.45) is 2.27. The third-order valence-corrected chi connectivity index (χ3v) is 2.56. The van der Waals surface area contributed by atoms with Crippen LogP contribution in [0.4, 0.5) is 0 Å². The molecule has 0 fully saturated rings. The molecule has 0 radical (unpaired) electrons. The number of ether oxygens (including phenoxy) is 1. The van der Waals surface area contributed by atoms with Crippen LogP contribution >= 0.6 is 0 Å². The Bertz CT molecular complexity index is 374. The number of nitrogens with one attached hydrogen (secondary N) is 1. The van der Waals surface area contributed by atoms with Crippen molar-refractivity contribution in [2.45, 2.75) is 19.8 Å². The highest BCUT2D eigenvalue weighted by Crippen LogP contribution is 2.11. The molecule has 0 atom stereocenters. The summed E-state index contributed by atoms with van der Waals surface area (Å²) in [5.74, 6) is 2.07. The Morgan fingerprint density at radius 3 is 3.12 bits per heavy atom. The van der Waals surface area contributed by atoms with Gasteiger partial charge in [-0.1, -0.05) is 12.1 Å². The van der Waals surface area contributed by atoms with Gasteiger partial charge < -0.3 is 10.1 Å². The molecule has 0 bridgehead atoms. The van der Waals surface area contributed by atoms with E-state index in [2.05, 4.69) is 23.3 Å². The molecule has 1 aromatic carbocycles. The molecule has 0 amide bonds. The average molecular weight is 218 g/mol. The van der Waals surface area contributed by atoms with Crippen LogP contribution in [0.15, 0.2) is 29.3 Å². The second-order valence-electron chi connectivity index (χ2n) is 4.02. The summed E-state index contributed by atoms with van der Waals surface area (Å²) in [6, 6.07) is 8.12. The Kier molecular flexibility index (Phi) is 3.81. The third kappa shape index (κ3) is 3.26. The molecule has 1 N–H and O–H groups in total. The van der Waals surface area contributed by atoms with Crippen molar-refractivity contribution in [1.82, 2.24) is 5.32 Å². The van der Waals surface area contributed by atoms with E-state index in [1.165, 1.54) is 12.0 Å². The highest BCUT2D eigenvalue weighted by atomic mass is 16.5. The summed E-state index contributed by atoms with van der Waals surface area (Å²) >= 11 is 0. The molecule has 1 aliphatic rings. The molecule has 3 nitrogen and oxygen atoms in total. The molecule has 0 aromatic heterocycles. The Morgan fingerprint density at radius 1 is 1.44 bits per heavy atom. The zero-order valence-electron chi connectivity index (χ0n) is 9.70. The first kappa shape index (κ1) is 11.0. The minimum atomic E-state index is 0.683. The van der Waals surface area contributed by atoms with Crippen LogP contribution in [0.1, 0.15) is 18.4 Å². The van der Waals surface area contributed by atoms with Crippen LogP contribution in [0.25, 0.3) is 0 Å². The first-order valence-electron chi connectivity index (χ1n) is 5.81. The molecule has 86 valence electrons. The number of benzene rings is 1. The molecule has 16 heavy (non-hydrogen) atoms. The van der Waals surface area contributed by atoms with Crippen molar-refractivity contribution in [2.24, 2.45) is 4.99 Å². The van der Waals surface area contributed by atoms with Gasteiger partial charge >= 0.3 is 0 Å². The van der Waals surface area contributed by atoms with Crippen LogP contribution in [0.2, 0.25) is 0 Å². The van der Waals surface area contributed by atoms with E-state index in [-0.39, 0.29) is 0 Å². The van der Waals surface area contributed by atoms with Crippen molar-refractivity contribution in [2.75, 3.05) is 19.7 Å². The Labute approximate surface area is 96.5 Å². The normalized spacial score (nSPS) is 14.7. The van der Waals surface area contributed by atoms with Crippen LogP contribution in [-0.2, 0) is 0 Å². The SMILES string of the molecule is Cc1cccc(OCCNC2=NCCC2)c1. The van der Waals surface area contributed by atoms with Crippen LogP contribution < -0.4 is 10.1 Å². The average Bonchev–Trinajstić information content (AvgIpc) is 2.77. The maximum atomic E-state index is 5.63. The lowest BCUT2D eigenvalue weighted by Crippen LogP contribution is -2.26. The van der Waals surface area contributed by atoms with Crippen LogP contribution in [-0.4, -0.2) is 25.5 Å². The Hall–Kier alpha value is -1.51. The topological polar surface area (TPSA) is 33.6 Å². The van der Waals surface area contributed by atoms with E-state index in [0.717, 1.165) is 31.1 Å². The third-order valence-electron chi connectivity index (χ3n) is 2.56. The fraction of sp³-hybridized carbons (Fsp3) is 0.462. The van der Waals surface area contributed by atoms with Crippen molar-refractivity contribution < 1.29 is 4.74 Å². The van der Waals surface area contributed by atoms with Gasteiger partial charge in [0.25, 0.3) is 0 Å². The fourth-order valence-electron chi connectivity index (χ4n) is 1.75. The van der Waals surface area contributed by atoms with Crippen LogP contribution in [0, 0.1) is 6.92 Å². The summed E-state index contributed by atoms with van der Waals surface area (Å²) in [5.41, 5.74) is 1.23. The maximum Gasteiger partial charge on any atom is 0.119 e. The van der Waals surface area contributed by atoms with E-state index in [0.29, 0.717) is 6.61 Å². The standard InChI is InChI=1S/C13H18N2O/c1-11-4-2-5-12(10-11)16-9-8-15-13-6-3-7-14-13/h2,4-5,10H,3,6-9H2,1H3,(H,14,15). The van der Waals surface area contributed by atoms with Crippen molar-refractivity contribution in [3.8, 4) is 5.75 Å². The molecule has 1 aliphatic heterocycles. The van der Waals surface area contributed by atoms with Crippen LogP contribution in [0.3, 0.4) is 0 Å². The molecule has 0 spiro atoms. The Balaban J connectivity index is 1.68. The molecule has 0 unspecified atom stereocenters. The molecule has 3 heteroatoms. The van der Waals surface area contributed by atoms with E-state index in [1.54, 1.807) is 0 Å². The summed E-state index contributed by atoms with van der Waals surface area (Å²) in [6.45, 7) is 4.55. The van der Waals surface area contributed by atoms with Gasteiger partial charge in [0.15, 0.2) is 0 Å². The first-order valence-corrected chi connectivity index (χ1v) is 5.81. The molecule has 0 aliphatic carbocycles. The van der Waals surface area contributed by atoms with E-state index in [9.17, 15) is 0 Å². The highest BCUT2D eigenvalue weighted by Gasteiger charge is 2.04. The van der Waals surface area contributed by atoms with Gasteiger partial charge in [0.2, 0.25) is 0 Å². The molecular weight excluding hydrogens is 200 g/mol. The first-order chi connectivity index (χ1) is 7.84. The van der Waals surface area contributed by atoms with Gasteiger partial charge in [0, 0.05) is 13.0 Å². The van der Waals surface area contributed by atoms with Crippen LogP contribution in [0.5, 0.6) is 5.75 Å². The fourth-order valence-corrected chi connectivity index (χ4v) is 1.75. The number of nitrogens with zero attached hydrogens (tertiary/aromatic N) is 1. The van der Waals surface area contributed by atoms with E-state index < -0.39 is 0 Å². The summed E-state index contributed by atoms with van der Waals surface area (Å²) < 4.78 is 5.63. The number of aliphatic imine (C=N–C) groups is 1. The second kappa shape index (κ2) is 5.54. The predicted octanol–water partition coefficient (Wildman–Crippen LogP) is 2.16. The minimum absolute atomic E-state index is 0.683. The second-order valence-corrected chi connectivity index (χ2v) is 4.02. The number of hydrogen-bond donors (Lipinski definition) is 1. The number of rotatable bonds is 4. The predicted molar refractivity (Wildman–Crippen MR) is 66.2 cm³/mol. The maximum absolute atomic E-state index is 5.63. The largest absolute Gasteiger partial charge is 0.492 e. The smallest absolute Gasteiger partial charge is 0.119 e. The van der Waals surface area contributed by atoms with E-state index in [4.69, 9.17) is 4.74 Å². The zero-order chi connectivity index (χ0) is 11.2. The van der Waals surface area contributed by atoms with Gasteiger partial charge in [0.1, 0.15) is 12.4 Å². The van der Waals surface area contributed by atoms with Crippen molar-refractivity contribution in [1.29, 1.82) is 0 Å². The lowest BCUT2D eigenvalue weighted by atomic mass is 10.2. The number of amidine groups is 1. The molecule has 0 saturated carbocycles. The van der Waals surface area contributed by atoms with Crippen molar-refractivity contribution >= 4 is 5.84 Å². The lowest BCUT2D eigenvalue weighted by Gasteiger charge is -2.08. The van der Waals surface area contributed by atoms with Crippen molar-refractivity contribution in [3.63, 3.8) is 0 Å². The zero-order valence-corrected chi connectivity index (χ0v) is 9.70. The van der Waals surface area contributed by atoms with Gasteiger partial charge in [-0.05, 0) is 31.0 Å². The quantitative estimate of drug-likeness (QED) is 0.786. The lowest BCUT2D eigenvalue weighted by molar-refractivity contribution is 0.322. The van der Waals surface area contributed by atoms with E-state index >= 15 is 0 Å². The van der Waals surface area contributed by atoms with Gasteiger partial charge in [-0.2, -0.15) is 0 Å². The molecule has 1 aromatic rings. The molecule has 0 saturated heterocycles. The molecule has 1 heterocycles. The number of aryl methyl sites for hydroxylation is 1. The Morgan fingerprint density at radius 2 is 2.38 bits per heavy atom. The summed E-state index contributed by atoms with van der Waals surface area (Å²) in [4.78, 5) is 4.34. The van der Waals surface area contributed by atoms with Gasteiger partial charge in [-0.25, -0.2) is 0 Å². The highest BCUT2D eigenvalue weighted by molar-refractivity contribution is 5.83. The molecule has 2 rings (SSSR count). The number of hydrogen-bond acceptors (Lipinski definition) is 3. The molecular formula is C13H18N2O. The summed E-state index contributed by atoms with van der Waals surface area (Å²) in [5, 5.41) is 3.29. The minimum Gasteiger partial charge on any atom is -0.492 e. The van der Waals surface area contributed by atoms with Crippen molar-refractivity contribution in [3.05, 3.63) is 29.8 Å². The van der Waals surface area contributed by atoms with Gasteiger partial charge in [-0.15, -0.1) is 0 Å². The van der Waals surface area contributed by atoms with Gasteiger partial charge in [-0.3, -0.25) is 4.99 Å². The van der Waals surface area contributed by atoms with E-state index in [1.807, 2.05) is 18.2 Å². The monoisotopic (exact) mass is 218 g/mol. The summed E-state index contributed by atoms with van der Waals surface area (Å²) in [7, 11) is 0.